The maximum atomic E-state index is 12.1. The van der Waals surface area contributed by atoms with E-state index in [9.17, 15) is 9.90 Å². The first-order valence-electron chi connectivity index (χ1n) is 12.3. The number of anilines is 2. The molecule has 1 saturated carbocycles. The number of aliphatic hydroxyl groups is 1. The molecule has 11 heteroatoms. The molecule has 0 aromatic carbocycles. The Hall–Kier alpha value is -3.70. The summed E-state index contributed by atoms with van der Waals surface area (Å²) in [6.07, 6.45) is 7.31. The van der Waals surface area contributed by atoms with Crippen molar-refractivity contribution in [2.75, 3.05) is 11.9 Å². The van der Waals surface area contributed by atoms with Gasteiger partial charge in [0, 0.05) is 25.0 Å². The number of nitrogens with zero attached hydrogens (tertiary/aromatic N) is 6. The van der Waals surface area contributed by atoms with Gasteiger partial charge in [-0.1, -0.05) is 0 Å². The van der Waals surface area contributed by atoms with Crippen LogP contribution in [-0.2, 0) is 22.2 Å². The fourth-order valence-corrected chi connectivity index (χ4v) is 5.56. The lowest BCUT2D eigenvalue weighted by atomic mass is 9.79. The molecule has 4 aromatic heterocycles. The first-order chi connectivity index (χ1) is 17.8. The molecule has 0 amide bonds. The number of nitrogens with one attached hydrogen (secondary N) is 1. The van der Waals surface area contributed by atoms with Crippen LogP contribution >= 0.6 is 11.3 Å². The minimum atomic E-state index is -1.04. The average Bonchev–Trinajstić information content (AvgIpc) is 3.55. The molecule has 0 atom stereocenters. The molecule has 0 saturated heterocycles. The average molecular weight is 520 g/mol. The highest BCUT2D eigenvalue weighted by Gasteiger charge is 2.39. The van der Waals surface area contributed by atoms with Gasteiger partial charge >= 0.3 is 5.97 Å². The van der Waals surface area contributed by atoms with Crippen LogP contribution in [0.4, 0.5) is 11.6 Å². The molecule has 4 aromatic rings. The molecule has 10 nitrogen and oxygen atoms in total. The van der Waals surface area contributed by atoms with Crippen LogP contribution in [0.25, 0.3) is 21.8 Å². The number of carbonyl (C=O) groups is 1. The molecule has 37 heavy (non-hydrogen) atoms. The zero-order chi connectivity index (χ0) is 26.0. The van der Waals surface area contributed by atoms with E-state index in [1.165, 1.54) is 16.1 Å². The van der Waals surface area contributed by atoms with Gasteiger partial charge in [-0.15, -0.1) is 11.3 Å². The van der Waals surface area contributed by atoms with E-state index >= 15 is 0 Å². The summed E-state index contributed by atoms with van der Waals surface area (Å²) in [5.41, 5.74) is 2.41. The molecule has 0 bridgehead atoms. The van der Waals surface area contributed by atoms with E-state index in [4.69, 9.17) is 9.72 Å². The van der Waals surface area contributed by atoms with Gasteiger partial charge in [0.25, 0.3) is 0 Å². The maximum absolute atomic E-state index is 12.1. The summed E-state index contributed by atoms with van der Waals surface area (Å²) in [5, 5.41) is 23.7. The molecule has 1 aliphatic carbocycles. The van der Waals surface area contributed by atoms with Gasteiger partial charge in [-0.2, -0.15) is 15.0 Å². The first-order valence-corrected chi connectivity index (χ1v) is 13.1. The predicted octanol–water partition coefficient (Wildman–Crippen LogP) is 4.39. The van der Waals surface area contributed by atoms with Crippen molar-refractivity contribution >= 4 is 28.9 Å². The highest BCUT2D eigenvalue weighted by atomic mass is 32.1. The second-order valence-electron chi connectivity index (χ2n) is 9.28. The SMILES string of the molecule is CCOC(=O)[C@H]1CC[C@](O)(c2ncc(-c3cc(C)cc(Nc4cc(-c5cnn(C)n5)ccn4)n3)s2)CC1. The standard InChI is InChI=1S/C26H29N7O3S/c1-4-36-24(34)17-5-8-26(35,9-6-17)25-28-15-21(37-25)19-11-16(2)12-23(30-19)31-22-13-18(7-10-27-22)20-14-29-33(3)32-20/h7,10-15,17,35H,4-6,8-9H2,1-3H3,(H,27,30,31)/t17-,26+. The van der Waals surface area contributed by atoms with Crippen LogP contribution in [0.5, 0.6) is 0 Å². The lowest BCUT2D eigenvalue weighted by molar-refractivity contribution is -0.151. The summed E-state index contributed by atoms with van der Waals surface area (Å²) in [5.74, 6) is 0.963. The molecular weight excluding hydrogens is 490 g/mol. The van der Waals surface area contributed by atoms with E-state index in [2.05, 4.69) is 25.5 Å². The Morgan fingerprint density at radius 2 is 2.00 bits per heavy atom. The smallest absolute Gasteiger partial charge is 0.308 e. The van der Waals surface area contributed by atoms with Crippen molar-refractivity contribution in [2.24, 2.45) is 13.0 Å². The van der Waals surface area contributed by atoms with Crippen molar-refractivity contribution in [3.8, 4) is 21.8 Å². The highest BCUT2D eigenvalue weighted by Crippen LogP contribution is 2.42. The highest BCUT2D eigenvalue weighted by molar-refractivity contribution is 7.15. The summed E-state index contributed by atoms with van der Waals surface area (Å²) in [6.45, 7) is 4.19. The van der Waals surface area contributed by atoms with Gasteiger partial charge in [0.15, 0.2) is 0 Å². The quantitative estimate of drug-likeness (QED) is 0.342. The maximum Gasteiger partial charge on any atom is 0.308 e. The Bertz CT molecular complexity index is 1410. The van der Waals surface area contributed by atoms with E-state index in [-0.39, 0.29) is 11.9 Å². The number of rotatable bonds is 7. The van der Waals surface area contributed by atoms with Gasteiger partial charge in [0.1, 0.15) is 27.9 Å². The summed E-state index contributed by atoms with van der Waals surface area (Å²) < 4.78 is 5.15. The molecule has 192 valence electrons. The summed E-state index contributed by atoms with van der Waals surface area (Å²) in [6, 6.07) is 7.73. The predicted molar refractivity (Wildman–Crippen MR) is 140 cm³/mol. The lowest BCUT2D eigenvalue weighted by Crippen LogP contribution is -2.34. The van der Waals surface area contributed by atoms with Crippen molar-refractivity contribution in [2.45, 2.75) is 45.1 Å². The van der Waals surface area contributed by atoms with E-state index in [1.54, 1.807) is 25.6 Å². The van der Waals surface area contributed by atoms with Crippen molar-refractivity contribution < 1.29 is 14.6 Å². The Kier molecular flexibility index (Phi) is 6.98. The number of hydrogen-bond donors (Lipinski definition) is 2. The van der Waals surface area contributed by atoms with Crippen LogP contribution in [0.1, 0.15) is 43.2 Å². The molecule has 0 aliphatic heterocycles. The van der Waals surface area contributed by atoms with Crippen LogP contribution in [0, 0.1) is 12.8 Å². The van der Waals surface area contributed by atoms with E-state index < -0.39 is 5.60 Å². The van der Waals surface area contributed by atoms with Crippen LogP contribution in [-0.4, -0.2) is 47.6 Å². The number of aryl methyl sites for hydroxylation is 2. The van der Waals surface area contributed by atoms with Crippen LogP contribution in [0.15, 0.2) is 42.9 Å². The number of aromatic nitrogens is 6. The zero-order valence-corrected chi connectivity index (χ0v) is 21.8. The minimum absolute atomic E-state index is 0.159. The molecular formula is C26H29N7O3S. The topological polar surface area (TPSA) is 128 Å². The molecule has 0 unspecified atom stereocenters. The van der Waals surface area contributed by atoms with Gasteiger partial charge < -0.3 is 15.2 Å². The zero-order valence-electron chi connectivity index (χ0n) is 21.0. The Morgan fingerprint density at radius 3 is 2.73 bits per heavy atom. The van der Waals surface area contributed by atoms with E-state index in [0.717, 1.165) is 27.4 Å². The number of esters is 1. The van der Waals surface area contributed by atoms with E-state index in [0.29, 0.717) is 48.9 Å². The molecule has 5 rings (SSSR count). The molecule has 0 spiro atoms. The van der Waals surface area contributed by atoms with Crippen molar-refractivity contribution in [1.29, 1.82) is 0 Å². The van der Waals surface area contributed by atoms with E-state index in [1.807, 2.05) is 38.1 Å². The summed E-state index contributed by atoms with van der Waals surface area (Å²) in [4.78, 5) is 28.2. The number of pyridine rings is 2. The molecule has 1 fully saturated rings. The number of hydrogen-bond acceptors (Lipinski definition) is 10. The second kappa shape index (κ2) is 10.3. The normalized spacial score (nSPS) is 19.5. The molecule has 4 heterocycles. The number of thiazole rings is 1. The van der Waals surface area contributed by atoms with Crippen LogP contribution in [0.2, 0.25) is 0 Å². The molecule has 1 aliphatic rings. The van der Waals surface area contributed by atoms with Gasteiger partial charge in [0.2, 0.25) is 0 Å². The third-order valence-corrected chi connectivity index (χ3v) is 7.68. The summed E-state index contributed by atoms with van der Waals surface area (Å²) >= 11 is 1.44. The molecule has 0 radical (unpaired) electrons. The third kappa shape index (κ3) is 5.52. The number of ether oxygens (including phenoxy) is 1. The lowest BCUT2D eigenvalue weighted by Gasteiger charge is -2.33. The second-order valence-corrected chi connectivity index (χ2v) is 10.3. The Morgan fingerprint density at radius 1 is 1.19 bits per heavy atom. The van der Waals surface area contributed by atoms with Crippen LogP contribution in [0.3, 0.4) is 0 Å². The van der Waals surface area contributed by atoms with Crippen LogP contribution < -0.4 is 5.32 Å². The Balaban J connectivity index is 1.33. The van der Waals surface area contributed by atoms with Gasteiger partial charge in [-0.05, 0) is 69.4 Å². The van der Waals surface area contributed by atoms with Crippen molar-refractivity contribution in [3.63, 3.8) is 0 Å². The largest absolute Gasteiger partial charge is 0.466 e. The minimum Gasteiger partial charge on any atom is -0.466 e. The van der Waals surface area contributed by atoms with Crippen molar-refractivity contribution in [1.82, 2.24) is 29.9 Å². The third-order valence-electron chi connectivity index (χ3n) is 6.47. The van der Waals surface area contributed by atoms with Crippen molar-refractivity contribution in [3.05, 3.63) is 53.4 Å². The molecule has 2 N–H and O–H groups in total. The fraction of sp³-hybridized carbons (Fsp3) is 0.385. The fourth-order valence-electron chi connectivity index (χ4n) is 4.54. The first kappa shape index (κ1) is 25.0. The monoisotopic (exact) mass is 519 g/mol. The van der Waals surface area contributed by atoms with Gasteiger partial charge in [-0.25, -0.2) is 15.0 Å². The van der Waals surface area contributed by atoms with Gasteiger partial charge in [0.05, 0.1) is 29.3 Å². The Labute approximate surface area is 218 Å². The van der Waals surface area contributed by atoms with Gasteiger partial charge in [-0.3, -0.25) is 4.79 Å². The number of carbonyl (C=O) groups excluding carboxylic acids is 1. The summed E-state index contributed by atoms with van der Waals surface area (Å²) in [7, 11) is 1.78.